The average molecular weight is 427 g/mol. The molecular weight excluding hydrogens is 407 g/mol. The van der Waals surface area contributed by atoms with Crippen LogP contribution in [0.2, 0.25) is 0 Å². The van der Waals surface area contributed by atoms with Gasteiger partial charge in [-0.15, -0.1) is 58.1 Å². The van der Waals surface area contributed by atoms with E-state index >= 15 is 0 Å². The Morgan fingerprint density at radius 1 is 0.692 bits per heavy atom. The third kappa shape index (κ3) is 3.61. The maximum absolute atomic E-state index is 3.51. The summed E-state index contributed by atoms with van der Waals surface area (Å²) in [5, 5.41) is 2.55. The monoisotopic (exact) mass is 426 g/mol. The molecule has 0 heterocycles. The molecule has 4 aromatic rings. The molecule has 0 spiro atoms. The van der Waals surface area contributed by atoms with Gasteiger partial charge in [-0.25, -0.2) is 0 Å². The van der Waals surface area contributed by atoms with Gasteiger partial charge >= 0.3 is 20.4 Å². The van der Waals surface area contributed by atoms with E-state index in [1.807, 2.05) is 6.07 Å². The quantitative estimate of drug-likeness (QED) is 0.261. The Balaban J connectivity index is 0.00000196. The van der Waals surface area contributed by atoms with E-state index in [1.54, 1.807) is 0 Å². The van der Waals surface area contributed by atoms with Gasteiger partial charge in [0.15, 0.2) is 0 Å². The fourth-order valence-electron chi connectivity index (χ4n) is 3.59. The number of rotatable bonds is 4. The minimum atomic E-state index is 0. The molecule has 130 valence electrons. The van der Waals surface area contributed by atoms with Crippen LogP contribution in [0.25, 0.3) is 10.8 Å². The summed E-state index contributed by atoms with van der Waals surface area (Å²) in [5.74, 6) is 1.59. The largest absolute Gasteiger partial charge is 2.00 e. The van der Waals surface area contributed by atoms with E-state index in [-0.39, 0.29) is 26.3 Å². The first-order valence-electron chi connectivity index (χ1n) is 8.71. The van der Waals surface area contributed by atoms with Gasteiger partial charge < -0.3 is 0 Å². The first-order valence-corrected chi connectivity index (χ1v) is 8.71. The number of hydrogen-bond acceptors (Lipinski definition) is 0. The van der Waals surface area contributed by atoms with E-state index in [1.165, 1.54) is 33.4 Å². The Morgan fingerprint density at radius 3 is 1.85 bits per heavy atom. The minimum absolute atomic E-state index is 0. The van der Waals surface area contributed by atoms with E-state index in [2.05, 4.69) is 104 Å². The van der Waals surface area contributed by atoms with Crippen LogP contribution in [-0.2, 0) is 20.4 Å². The molecule has 26 heavy (non-hydrogen) atoms. The SMILES string of the molecule is C[C@H](c1[c-]ccc2ccccc12)[C-](c1ccccc1)c1ccccc1.[Pd+2]. The van der Waals surface area contributed by atoms with Gasteiger partial charge in [0, 0.05) is 0 Å². The normalized spacial score (nSPS) is 11.6. The van der Waals surface area contributed by atoms with Crippen molar-refractivity contribution < 1.29 is 20.4 Å². The van der Waals surface area contributed by atoms with Crippen molar-refractivity contribution in [3.05, 3.63) is 126 Å². The van der Waals surface area contributed by atoms with Crippen LogP contribution < -0.4 is 0 Å². The zero-order valence-electron chi connectivity index (χ0n) is 14.6. The molecule has 4 aromatic carbocycles. The van der Waals surface area contributed by atoms with Gasteiger partial charge in [-0.05, 0) is 5.92 Å². The van der Waals surface area contributed by atoms with Crippen LogP contribution in [0.3, 0.4) is 0 Å². The van der Waals surface area contributed by atoms with Crippen LogP contribution in [-0.4, -0.2) is 0 Å². The summed E-state index contributed by atoms with van der Waals surface area (Å²) < 4.78 is 0. The van der Waals surface area contributed by atoms with Crippen molar-refractivity contribution in [2.24, 2.45) is 0 Å². The van der Waals surface area contributed by atoms with E-state index in [0.29, 0.717) is 0 Å². The van der Waals surface area contributed by atoms with Crippen LogP contribution in [0, 0.1) is 12.0 Å². The Labute approximate surface area is 169 Å². The smallest absolute Gasteiger partial charge is 0.180 e. The molecular formula is C25H20Pd. The topological polar surface area (TPSA) is 0 Å². The molecule has 1 heteroatoms. The average Bonchev–Trinajstić information content (AvgIpc) is 2.69. The number of benzene rings is 4. The molecule has 4 rings (SSSR count). The summed E-state index contributed by atoms with van der Waals surface area (Å²) in [4.78, 5) is 0. The van der Waals surface area contributed by atoms with Crippen molar-refractivity contribution in [2.45, 2.75) is 12.8 Å². The first-order chi connectivity index (χ1) is 12.3. The van der Waals surface area contributed by atoms with Crippen LogP contribution >= 0.6 is 0 Å². The molecule has 0 saturated carbocycles. The molecule has 0 aromatic heterocycles. The van der Waals surface area contributed by atoms with Crippen molar-refractivity contribution in [1.82, 2.24) is 0 Å². The van der Waals surface area contributed by atoms with Crippen molar-refractivity contribution in [2.75, 3.05) is 0 Å². The molecule has 0 nitrogen and oxygen atoms in total. The van der Waals surface area contributed by atoms with Crippen molar-refractivity contribution in [1.29, 1.82) is 0 Å². The number of fused-ring (bicyclic) bond motifs is 1. The van der Waals surface area contributed by atoms with Crippen LogP contribution in [0.1, 0.15) is 29.5 Å². The second-order valence-electron chi connectivity index (χ2n) is 6.35. The summed E-state index contributed by atoms with van der Waals surface area (Å²) in [6.45, 7) is 2.29. The van der Waals surface area contributed by atoms with E-state index in [0.717, 1.165) is 0 Å². The van der Waals surface area contributed by atoms with Crippen LogP contribution in [0.4, 0.5) is 0 Å². The maximum Gasteiger partial charge on any atom is 2.00 e. The fraction of sp³-hybridized carbons (Fsp3) is 0.0800. The van der Waals surface area contributed by atoms with E-state index in [9.17, 15) is 0 Å². The van der Waals surface area contributed by atoms with Gasteiger partial charge in [0.05, 0.1) is 0 Å². The second kappa shape index (κ2) is 8.37. The standard InChI is InChI=1S/C25H20.Pd/c1-19(23-18-10-16-20-11-8-9-17-24(20)23)25(21-12-4-2-5-13-21)22-14-6-3-7-15-22;/h2-17,19H,1H3;/q-2;+2/t19-;/m1./s1. The van der Waals surface area contributed by atoms with E-state index < -0.39 is 0 Å². The molecule has 0 amide bonds. The van der Waals surface area contributed by atoms with Crippen LogP contribution in [0.15, 0.2) is 97.1 Å². The zero-order chi connectivity index (χ0) is 17.1. The molecule has 0 aliphatic carbocycles. The predicted molar refractivity (Wildman–Crippen MR) is 106 cm³/mol. The number of hydrogen-bond donors (Lipinski definition) is 0. The van der Waals surface area contributed by atoms with Crippen molar-refractivity contribution >= 4 is 10.8 Å². The van der Waals surface area contributed by atoms with Gasteiger partial charge in [0.2, 0.25) is 0 Å². The van der Waals surface area contributed by atoms with E-state index in [4.69, 9.17) is 0 Å². The van der Waals surface area contributed by atoms with Crippen LogP contribution in [0.5, 0.6) is 0 Å². The Morgan fingerprint density at radius 2 is 1.23 bits per heavy atom. The Hall–Kier alpha value is -2.33. The molecule has 0 aliphatic rings. The van der Waals surface area contributed by atoms with Gasteiger partial charge in [-0.2, -0.15) is 23.8 Å². The van der Waals surface area contributed by atoms with Crippen molar-refractivity contribution in [3.8, 4) is 0 Å². The summed E-state index contributed by atoms with van der Waals surface area (Å²) in [7, 11) is 0. The summed E-state index contributed by atoms with van der Waals surface area (Å²) in [5.41, 5.74) is 3.78. The first kappa shape index (κ1) is 18.5. The summed E-state index contributed by atoms with van der Waals surface area (Å²) in [6.07, 6.45) is 0. The van der Waals surface area contributed by atoms with Gasteiger partial charge in [0.25, 0.3) is 0 Å². The molecule has 0 saturated heterocycles. The fourth-order valence-corrected chi connectivity index (χ4v) is 3.59. The molecule has 0 aliphatic heterocycles. The molecule has 1 atom stereocenters. The molecule has 0 unspecified atom stereocenters. The molecule has 0 radical (unpaired) electrons. The molecule has 0 bridgehead atoms. The van der Waals surface area contributed by atoms with Gasteiger partial charge in [0.1, 0.15) is 0 Å². The van der Waals surface area contributed by atoms with Gasteiger partial charge in [-0.3, -0.25) is 0 Å². The zero-order valence-corrected chi connectivity index (χ0v) is 16.2. The summed E-state index contributed by atoms with van der Waals surface area (Å²) in [6, 6.07) is 37.6. The second-order valence-corrected chi connectivity index (χ2v) is 6.35. The van der Waals surface area contributed by atoms with Gasteiger partial charge in [-0.1, -0.05) is 61.5 Å². The minimum Gasteiger partial charge on any atom is -0.180 e. The van der Waals surface area contributed by atoms with Crippen molar-refractivity contribution in [3.63, 3.8) is 0 Å². The predicted octanol–water partition coefficient (Wildman–Crippen LogP) is 6.41. The third-order valence-electron chi connectivity index (χ3n) is 4.79. The molecule has 0 fully saturated rings. The maximum atomic E-state index is 3.51. The Bertz CT molecular complexity index is 916. The molecule has 0 N–H and O–H groups in total. The Kier molecular flexibility index (Phi) is 5.94. The third-order valence-corrected chi connectivity index (χ3v) is 4.79. The summed E-state index contributed by atoms with van der Waals surface area (Å²) >= 11 is 0.